The number of H-pyrrole nitrogens is 1. The van der Waals surface area contributed by atoms with Gasteiger partial charge < -0.3 is 5.32 Å². The second-order valence-corrected chi connectivity index (χ2v) is 3.82. The predicted octanol–water partition coefficient (Wildman–Crippen LogP) is 0.200. The second-order valence-electron chi connectivity index (χ2n) is 3.82. The topological polar surface area (TPSA) is 62.7 Å². The zero-order valence-corrected chi connectivity index (χ0v) is 8.34. The Kier molecular flexibility index (Phi) is 2.75. The molecule has 1 aromatic heterocycles. The van der Waals surface area contributed by atoms with Crippen molar-refractivity contribution >= 4 is 0 Å². The van der Waals surface area contributed by atoms with Crippen molar-refractivity contribution in [3.63, 3.8) is 0 Å². The molecule has 0 radical (unpaired) electrons. The first-order valence-corrected chi connectivity index (χ1v) is 4.92. The van der Waals surface area contributed by atoms with Crippen LogP contribution in [0.3, 0.4) is 0 Å². The average molecular weight is 236 g/mol. The molecule has 0 aliphatic carbocycles. The Labute approximate surface area is 88.7 Å². The zero-order chi connectivity index (χ0) is 11.8. The number of alkyl halides is 3. The van der Waals surface area contributed by atoms with E-state index in [0.717, 1.165) is 17.6 Å². The molecule has 0 amide bonds. The Bertz CT molecular complexity index is 416. The summed E-state index contributed by atoms with van der Waals surface area (Å²) in [5.74, 6) is -1.06. The summed E-state index contributed by atoms with van der Waals surface area (Å²) < 4.78 is 37.6. The second kappa shape index (κ2) is 3.93. The average Bonchev–Trinajstić information content (AvgIpc) is 2.76. The maximum absolute atomic E-state index is 12.2. The standard InChI is InChI=1S/C8H11F3N4O/c9-8(10,11)6-13-7(16)15(14-6)4-5-1-2-12-3-5/h5,12H,1-4H2,(H,13,14,16). The number of rotatable bonds is 2. The van der Waals surface area contributed by atoms with Gasteiger partial charge in [0.05, 0.1) is 6.54 Å². The highest BCUT2D eigenvalue weighted by atomic mass is 19.4. The van der Waals surface area contributed by atoms with E-state index in [2.05, 4.69) is 10.4 Å². The summed E-state index contributed by atoms with van der Waals surface area (Å²) in [5, 5.41) is 6.31. The molecule has 0 aromatic carbocycles. The largest absolute Gasteiger partial charge is 0.451 e. The molecule has 2 N–H and O–H groups in total. The van der Waals surface area contributed by atoms with Crippen molar-refractivity contribution in [2.24, 2.45) is 5.92 Å². The predicted molar refractivity (Wildman–Crippen MR) is 48.8 cm³/mol. The Balaban J connectivity index is 2.15. The number of hydrogen-bond donors (Lipinski definition) is 2. The van der Waals surface area contributed by atoms with Gasteiger partial charge in [-0.2, -0.15) is 13.2 Å². The van der Waals surface area contributed by atoms with Gasteiger partial charge in [0.25, 0.3) is 0 Å². The third kappa shape index (κ3) is 2.26. The third-order valence-electron chi connectivity index (χ3n) is 2.54. The summed E-state index contributed by atoms with van der Waals surface area (Å²) in [5.41, 5.74) is -0.806. The minimum Gasteiger partial charge on any atom is -0.316 e. The molecule has 2 heterocycles. The molecule has 1 aliphatic rings. The first-order valence-electron chi connectivity index (χ1n) is 4.92. The van der Waals surface area contributed by atoms with Gasteiger partial charge in [0, 0.05) is 0 Å². The Hall–Kier alpha value is -1.31. The van der Waals surface area contributed by atoms with Crippen molar-refractivity contribution in [2.45, 2.75) is 19.1 Å². The van der Waals surface area contributed by atoms with Crippen LogP contribution in [0, 0.1) is 5.92 Å². The van der Waals surface area contributed by atoms with Crippen LogP contribution in [0.15, 0.2) is 4.79 Å². The molecule has 1 unspecified atom stereocenters. The van der Waals surface area contributed by atoms with Gasteiger partial charge in [0.1, 0.15) is 0 Å². The van der Waals surface area contributed by atoms with E-state index >= 15 is 0 Å². The molecule has 1 fully saturated rings. The van der Waals surface area contributed by atoms with E-state index in [4.69, 9.17) is 0 Å². The van der Waals surface area contributed by atoms with E-state index in [9.17, 15) is 18.0 Å². The fourth-order valence-corrected chi connectivity index (χ4v) is 1.72. The van der Waals surface area contributed by atoms with E-state index in [0.29, 0.717) is 6.54 Å². The van der Waals surface area contributed by atoms with E-state index in [1.54, 1.807) is 4.98 Å². The number of aromatic nitrogens is 3. The molecule has 16 heavy (non-hydrogen) atoms. The molecule has 1 atom stereocenters. The van der Waals surface area contributed by atoms with Crippen molar-refractivity contribution in [1.82, 2.24) is 20.1 Å². The number of aromatic amines is 1. The van der Waals surface area contributed by atoms with E-state index in [1.807, 2.05) is 0 Å². The quantitative estimate of drug-likeness (QED) is 0.771. The molecule has 0 saturated carbocycles. The number of halogens is 3. The number of nitrogens with one attached hydrogen (secondary N) is 2. The van der Waals surface area contributed by atoms with Crippen LogP contribution in [-0.4, -0.2) is 27.9 Å². The van der Waals surface area contributed by atoms with Crippen molar-refractivity contribution in [1.29, 1.82) is 0 Å². The lowest BCUT2D eigenvalue weighted by Crippen LogP contribution is -2.24. The molecule has 8 heteroatoms. The van der Waals surface area contributed by atoms with Crippen LogP contribution in [0.4, 0.5) is 13.2 Å². The lowest BCUT2D eigenvalue weighted by atomic mass is 10.1. The Morgan fingerprint density at radius 1 is 1.50 bits per heavy atom. The van der Waals surface area contributed by atoms with Gasteiger partial charge >= 0.3 is 11.9 Å². The van der Waals surface area contributed by atoms with Gasteiger partial charge in [0.15, 0.2) is 0 Å². The van der Waals surface area contributed by atoms with Gasteiger partial charge in [-0.25, -0.2) is 9.48 Å². The van der Waals surface area contributed by atoms with Gasteiger partial charge in [0.2, 0.25) is 5.82 Å². The van der Waals surface area contributed by atoms with Gasteiger partial charge in [-0.15, -0.1) is 5.10 Å². The van der Waals surface area contributed by atoms with Gasteiger partial charge in [-0.1, -0.05) is 0 Å². The fraction of sp³-hybridized carbons (Fsp3) is 0.750. The van der Waals surface area contributed by atoms with Crippen molar-refractivity contribution in [2.75, 3.05) is 13.1 Å². The fourth-order valence-electron chi connectivity index (χ4n) is 1.72. The zero-order valence-electron chi connectivity index (χ0n) is 8.34. The molecule has 0 bridgehead atoms. The summed E-state index contributed by atoms with van der Waals surface area (Å²) in [6.07, 6.45) is -3.75. The Morgan fingerprint density at radius 2 is 2.25 bits per heavy atom. The maximum atomic E-state index is 12.2. The summed E-state index contributed by atoms with van der Waals surface area (Å²) in [6.45, 7) is 1.76. The van der Waals surface area contributed by atoms with Crippen LogP contribution in [0.2, 0.25) is 0 Å². The molecular formula is C8H11F3N4O. The summed E-state index contributed by atoms with van der Waals surface area (Å²) in [6, 6.07) is 0. The van der Waals surface area contributed by atoms with Crippen LogP contribution < -0.4 is 11.0 Å². The lowest BCUT2D eigenvalue weighted by Gasteiger charge is -2.06. The summed E-state index contributed by atoms with van der Waals surface area (Å²) in [7, 11) is 0. The third-order valence-corrected chi connectivity index (χ3v) is 2.54. The molecular weight excluding hydrogens is 225 g/mol. The van der Waals surface area contributed by atoms with Gasteiger partial charge in [-0.05, 0) is 25.4 Å². The first-order chi connectivity index (χ1) is 7.47. The SMILES string of the molecule is O=c1[nH]c(C(F)(F)F)nn1CC1CCNC1. The minimum absolute atomic E-state index is 0.169. The number of nitrogens with zero attached hydrogens (tertiary/aromatic N) is 2. The van der Waals surface area contributed by atoms with Gasteiger partial charge in [-0.3, -0.25) is 4.98 Å². The van der Waals surface area contributed by atoms with Crippen LogP contribution in [0.25, 0.3) is 0 Å². The van der Waals surface area contributed by atoms with Crippen LogP contribution in [-0.2, 0) is 12.7 Å². The highest BCUT2D eigenvalue weighted by Crippen LogP contribution is 2.24. The molecule has 1 aromatic rings. The highest BCUT2D eigenvalue weighted by Gasteiger charge is 2.36. The molecule has 2 rings (SSSR count). The van der Waals surface area contributed by atoms with Crippen LogP contribution in [0.1, 0.15) is 12.2 Å². The normalized spacial score (nSPS) is 21.6. The highest BCUT2D eigenvalue weighted by molar-refractivity contribution is 4.88. The smallest absolute Gasteiger partial charge is 0.316 e. The number of hydrogen-bond acceptors (Lipinski definition) is 3. The van der Waals surface area contributed by atoms with E-state index in [1.165, 1.54) is 0 Å². The van der Waals surface area contributed by atoms with Crippen LogP contribution >= 0.6 is 0 Å². The molecule has 0 spiro atoms. The summed E-state index contributed by atoms with van der Waals surface area (Å²) >= 11 is 0. The molecule has 90 valence electrons. The van der Waals surface area contributed by atoms with E-state index in [-0.39, 0.29) is 12.5 Å². The van der Waals surface area contributed by atoms with Crippen molar-refractivity contribution < 1.29 is 13.2 Å². The summed E-state index contributed by atoms with van der Waals surface area (Å²) in [4.78, 5) is 12.9. The molecule has 1 aliphatic heterocycles. The monoisotopic (exact) mass is 236 g/mol. The van der Waals surface area contributed by atoms with Crippen molar-refractivity contribution in [3.8, 4) is 0 Å². The van der Waals surface area contributed by atoms with Crippen molar-refractivity contribution in [3.05, 3.63) is 16.3 Å². The maximum Gasteiger partial charge on any atom is 0.451 e. The molecule has 1 saturated heterocycles. The lowest BCUT2D eigenvalue weighted by molar-refractivity contribution is -0.145. The minimum atomic E-state index is -4.60. The van der Waals surface area contributed by atoms with Crippen LogP contribution in [0.5, 0.6) is 0 Å². The first kappa shape index (κ1) is 11.2. The van der Waals surface area contributed by atoms with E-state index < -0.39 is 17.7 Å². The molecule has 5 nitrogen and oxygen atoms in total. The Morgan fingerprint density at radius 3 is 2.75 bits per heavy atom.